The van der Waals surface area contributed by atoms with Crippen LogP contribution in [0.25, 0.3) is 16.8 Å². The van der Waals surface area contributed by atoms with E-state index in [9.17, 15) is 5.11 Å². The number of pyridine rings is 1. The fourth-order valence-corrected chi connectivity index (χ4v) is 5.85. The minimum atomic E-state index is -0.615. The van der Waals surface area contributed by atoms with Crippen LogP contribution in [0.1, 0.15) is 31.2 Å². The number of methoxy groups -OCH3 is 3. The van der Waals surface area contributed by atoms with Gasteiger partial charge in [-0.15, -0.1) is 11.8 Å². The lowest BCUT2D eigenvalue weighted by molar-refractivity contribution is 0.0670. The number of fused-ring (bicyclic) bond motifs is 1. The molecule has 0 unspecified atom stereocenters. The van der Waals surface area contributed by atoms with Crippen LogP contribution in [0.15, 0.2) is 35.4 Å². The van der Waals surface area contributed by atoms with Crippen LogP contribution in [0.3, 0.4) is 0 Å². The van der Waals surface area contributed by atoms with Gasteiger partial charge in [0.25, 0.3) is 0 Å². The summed E-state index contributed by atoms with van der Waals surface area (Å²) < 4.78 is 24.6. The van der Waals surface area contributed by atoms with Gasteiger partial charge in [0.05, 0.1) is 48.9 Å². The Kier molecular flexibility index (Phi) is 7.85. The van der Waals surface area contributed by atoms with Crippen LogP contribution in [0.5, 0.6) is 11.5 Å². The molecule has 1 N–H and O–H groups in total. The lowest BCUT2D eigenvalue weighted by Gasteiger charge is -2.32. The van der Waals surface area contributed by atoms with Gasteiger partial charge < -0.3 is 29.0 Å². The lowest BCUT2D eigenvalue weighted by atomic mass is 9.99. The fourth-order valence-electron chi connectivity index (χ4n) is 5.26. The van der Waals surface area contributed by atoms with Crippen LogP contribution in [0, 0.1) is 5.92 Å². The molecular weight excluding hydrogens is 490 g/mol. The van der Waals surface area contributed by atoms with Crippen LogP contribution in [-0.4, -0.2) is 74.2 Å². The van der Waals surface area contributed by atoms with E-state index in [0.29, 0.717) is 30.6 Å². The molecule has 0 radical (unpaired) electrons. The number of aromatic nitrogens is 2. The predicted octanol–water partition coefficient (Wildman–Crippen LogP) is 4.64. The number of aliphatic hydroxyl groups is 1. The summed E-state index contributed by atoms with van der Waals surface area (Å²) in [6, 6.07) is 10.2. The van der Waals surface area contributed by atoms with E-state index >= 15 is 0 Å². The van der Waals surface area contributed by atoms with Crippen molar-refractivity contribution in [2.24, 2.45) is 5.92 Å². The number of benzene rings is 1. The number of rotatable bonds is 11. The summed E-state index contributed by atoms with van der Waals surface area (Å²) in [4.78, 5) is 2.37. The molecule has 200 valence electrons. The Morgan fingerprint density at radius 3 is 2.43 bits per heavy atom. The molecule has 37 heavy (non-hydrogen) atoms. The summed E-state index contributed by atoms with van der Waals surface area (Å²) in [6.07, 6.45) is 5.83. The first-order valence-corrected chi connectivity index (χ1v) is 14.1. The van der Waals surface area contributed by atoms with Crippen LogP contribution >= 0.6 is 11.8 Å². The van der Waals surface area contributed by atoms with Crippen molar-refractivity contribution in [1.82, 2.24) is 9.61 Å². The SMILES string of the molecule is COCc1cc(OC)c(-c2cccc3c(N(CC4CCOCC4)CC4(O)CC4)c(SC)nn23)c(OC)c1. The molecule has 3 aromatic rings. The number of anilines is 1. The minimum Gasteiger partial charge on any atom is -0.496 e. The van der Waals surface area contributed by atoms with Gasteiger partial charge in [-0.25, -0.2) is 4.52 Å². The molecule has 0 bridgehead atoms. The molecule has 3 heterocycles. The average Bonchev–Trinajstić information content (AvgIpc) is 3.51. The quantitative estimate of drug-likeness (QED) is 0.361. The molecule has 1 saturated heterocycles. The summed E-state index contributed by atoms with van der Waals surface area (Å²) in [5.41, 5.74) is 4.16. The highest BCUT2D eigenvalue weighted by atomic mass is 32.2. The fraction of sp³-hybridized carbons (Fsp3) is 0.536. The van der Waals surface area contributed by atoms with E-state index in [0.717, 1.165) is 78.5 Å². The van der Waals surface area contributed by atoms with Gasteiger partial charge >= 0.3 is 0 Å². The third-order valence-electron chi connectivity index (χ3n) is 7.37. The summed E-state index contributed by atoms with van der Waals surface area (Å²) in [5, 5.41) is 17.0. The van der Waals surface area contributed by atoms with Crippen LogP contribution in [-0.2, 0) is 16.1 Å². The Morgan fingerprint density at radius 1 is 1.14 bits per heavy atom. The Balaban J connectivity index is 1.64. The second-order valence-corrected chi connectivity index (χ2v) is 10.8. The van der Waals surface area contributed by atoms with Gasteiger partial charge in [-0.2, -0.15) is 5.10 Å². The zero-order chi connectivity index (χ0) is 26.0. The number of nitrogens with zero attached hydrogens (tertiary/aromatic N) is 3. The van der Waals surface area contributed by atoms with Gasteiger partial charge in [-0.3, -0.25) is 0 Å². The average molecular weight is 528 g/mol. The zero-order valence-electron chi connectivity index (χ0n) is 22.2. The zero-order valence-corrected chi connectivity index (χ0v) is 23.0. The van der Waals surface area contributed by atoms with Crippen molar-refractivity contribution in [2.75, 3.05) is 58.8 Å². The maximum absolute atomic E-state index is 11.0. The third kappa shape index (κ3) is 5.41. The van der Waals surface area contributed by atoms with Crippen molar-refractivity contribution in [2.45, 2.75) is 42.9 Å². The van der Waals surface area contributed by atoms with Crippen LogP contribution < -0.4 is 14.4 Å². The van der Waals surface area contributed by atoms with Gasteiger partial charge in [0.1, 0.15) is 16.5 Å². The van der Waals surface area contributed by atoms with E-state index < -0.39 is 5.60 Å². The summed E-state index contributed by atoms with van der Waals surface area (Å²) >= 11 is 1.63. The summed E-state index contributed by atoms with van der Waals surface area (Å²) in [7, 11) is 5.01. The molecule has 0 amide bonds. The van der Waals surface area contributed by atoms with Crippen molar-refractivity contribution in [3.05, 3.63) is 35.9 Å². The third-order valence-corrected chi connectivity index (χ3v) is 8.04. The van der Waals surface area contributed by atoms with Crippen molar-refractivity contribution >= 4 is 23.0 Å². The van der Waals surface area contributed by atoms with Crippen molar-refractivity contribution in [3.63, 3.8) is 0 Å². The second kappa shape index (κ2) is 11.1. The number of hydrogen-bond acceptors (Lipinski definition) is 8. The van der Waals surface area contributed by atoms with Crippen molar-refractivity contribution in [3.8, 4) is 22.8 Å². The lowest BCUT2D eigenvalue weighted by Crippen LogP contribution is -2.39. The Hall–Kier alpha value is -2.46. The molecule has 1 aliphatic heterocycles. The molecule has 1 saturated carbocycles. The molecule has 2 fully saturated rings. The minimum absolute atomic E-state index is 0.462. The van der Waals surface area contributed by atoms with E-state index in [4.69, 9.17) is 24.0 Å². The van der Waals surface area contributed by atoms with E-state index in [1.807, 2.05) is 22.7 Å². The van der Waals surface area contributed by atoms with Gasteiger partial charge in [0, 0.05) is 33.4 Å². The maximum Gasteiger partial charge on any atom is 0.142 e. The van der Waals surface area contributed by atoms with Crippen molar-refractivity contribution < 1.29 is 24.1 Å². The van der Waals surface area contributed by atoms with Gasteiger partial charge in [0.15, 0.2) is 0 Å². The molecule has 0 atom stereocenters. The molecule has 5 rings (SSSR count). The van der Waals surface area contributed by atoms with Gasteiger partial charge in [-0.1, -0.05) is 6.07 Å². The first kappa shape index (κ1) is 26.2. The highest BCUT2D eigenvalue weighted by Gasteiger charge is 2.43. The molecule has 8 nitrogen and oxygen atoms in total. The van der Waals surface area contributed by atoms with Crippen LogP contribution in [0.4, 0.5) is 5.69 Å². The van der Waals surface area contributed by atoms with E-state index in [-0.39, 0.29) is 0 Å². The number of ether oxygens (including phenoxy) is 4. The molecular formula is C28H37N3O5S. The standard InChI is InChI=1S/C28H37N3O5S/c1-33-17-20-14-23(34-2)25(24(15-20)35-3)21-6-5-7-22-26(27(37-4)29-31(21)22)30(18-28(32)10-11-28)16-19-8-12-36-13-9-19/h5-7,14-15,19,32H,8-13,16-18H2,1-4H3. The maximum atomic E-state index is 11.0. The van der Waals surface area contributed by atoms with E-state index in [1.165, 1.54) is 0 Å². The largest absolute Gasteiger partial charge is 0.496 e. The second-order valence-electron chi connectivity index (χ2n) is 10.0. The number of thioether (sulfide) groups is 1. The Labute approximate surface area is 222 Å². The molecule has 2 aromatic heterocycles. The van der Waals surface area contributed by atoms with Gasteiger partial charge in [-0.05, 0) is 67.7 Å². The van der Waals surface area contributed by atoms with Crippen molar-refractivity contribution in [1.29, 1.82) is 0 Å². The van der Waals surface area contributed by atoms with E-state index in [2.05, 4.69) is 23.3 Å². The molecule has 9 heteroatoms. The molecule has 1 aromatic carbocycles. The molecule has 2 aliphatic rings. The highest BCUT2D eigenvalue weighted by Crippen LogP contribution is 2.44. The topological polar surface area (TPSA) is 77.7 Å². The predicted molar refractivity (Wildman–Crippen MR) is 146 cm³/mol. The smallest absolute Gasteiger partial charge is 0.142 e. The highest BCUT2D eigenvalue weighted by molar-refractivity contribution is 7.98. The normalized spacial score (nSPS) is 17.2. The van der Waals surface area contributed by atoms with Crippen LogP contribution in [0.2, 0.25) is 0 Å². The Bertz CT molecular complexity index is 1210. The first-order valence-electron chi connectivity index (χ1n) is 12.8. The van der Waals surface area contributed by atoms with Gasteiger partial charge in [0.2, 0.25) is 0 Å². The summed E-state index contributed by atoms with van der Waals surface area (Å²) in [6.45, 7) is 3.56. The Morgan fingerprint density at radius 2 is 1.84 bits per heavy atom. The molecule has 0 spiro atoms. The summed E-state index contributed by atoms with van der Waals surface area (Å²) in [5.74, 6) is 1.93. The monoisotopic (exact) mass is 527 g/mol. The molecule has 1 aliphatic carbocycles. The first-order chi connectivity index (χ1) is 18.0. The van der Waals surface area contributed by atoms with E-state index in [1.54, 1.807) is 33.1 Å². The number of hydrogen-bond donors (Lipinski definition) is 1.